The summed E-state index contributed by atoms with van der Waals surface area (Å²) >= 11 is 1.63. The van der Waals surface area contributed by atoms with E-state index < -0.39 is 0 Å². The van der Waals surface area contributed by atoms with Crippen molar-refractivity contribution in [3.8, 4) is 11.3 Å². The van der Waals surface area contributed by atoms with Crippen molar-refractivity contribution in [2.45, 2.75) is 31.7 Å². The molecule has 3 aromatic rings. The first-order valence-electron chi connectivity index (χ1n) is 9.90. The molecule has 0 saturated carbocycles. The summed E-state index contributed by atoms with van der Waals surface area (Å²) in [6, 6.07) is 19.5. The first kappa shape index (κ1) is 21.7. The average molecular weight is 423 g/mol. The fourth-order valence-electron chi connectivity index (χ4n) is 3.33. The topological polar surface area (TPSA) is 60.3 Å². The lowest BCUT2D eigenvalue weighted by Crippen LogP contribution is -2.16. The third-order valence-electron chi connectivity index (χ3n) is 4.85. The number of anilines is 1. The van der Waals surface area contributed by atoms with Crippen LogP contribution in [0.15, 0.2) is 65.6 Å². The van der Waals surface area contributed by atoms with Gasteiger partial charge in [-0.25, -0.2) is 4.79 Å². The third-order valence-corrected chi connectivity index (χ3v) is 5.57. The number of thioether (sulfide) groups is 1. The predicted octanol–water partition coefficient (Wildman–Crippen LogP) is 5.39. The molecule has 3 rings (SSSR count). The first-order valence-corrected chi connectivity index (χ1v) is 11.1. The zero-order valence-electron chi connectivity index (χ0n) is 17.5. The summed E-state index contributed by atoms with van der Waals surface area (Å²) in [5.74, 6) is -0.415. The fourth-order valence-corrected chi connectivity index (χ4v) is 3.79. The Labute approximate surface area is 181 Å². The van der Waals surface area contributed by atoms with Crippen molar-refractivity contribution < 1.29 is 14.3 Å². The Morgan fingerprint density at radius 3 is 2.53 bits per heavy atom. The van der Waals surface area contributed by atoms with E-state index in [4.69, 9.17) is 4.74 Å². The highest BCUT2D eigenvalue weighted by Crippen LogP contribution is 2.27. The predicted molar refractivity (Wildman–Crippen MR) is 122 cm³/mol. The maximum absolute atomic E-state index is 12.6. The zero-order valence-corrected chi connectivity index (χ0v) is 18.3. The highest BCUT2D eigenvalue weighted by molar-refractivity contribution is 7.98. The molecule has 1 N–H and O–H groups in total. The summed E-state index contributed by atoms with van der Waals surface area (Å²) in [6.07, 6.45) is 2.29. The van der Waals surface area contributed by atoms with Crippen LogP contribution < -0.4 is 5.32 Å². The second kappa shape index (κ2) is 10.2. The van der Waals surface area contributed by atoms with Gasteiger partial charge in [0.2, 0.25) is 5.91 Å². The van der Waals surface area contributed by atoms with Crippen LogP contribution in [0.25, 0.3) is 11.3 Å². The molecule has 0 aliphatic rings. The Kier molecular flexibility index (Phi) is 7.36. The lowest BCUT2D eigenvalue weighted by Gasteiger charge is -2.13. The highest BCUT2D eigenvalue weighted by atomic mass is 32.2. The number of benzene rings is 2. The van der Waals surface area contributed by atoms with E-state index in [-0.39, 0.29) is 11.9 Å². The minimum Gasteiger partial charge on any atom is -0.462 e. The van der Waals surface area contributed by atoms with Crippen molar-refractivity contribution in [1.82, 2.24) is 4.57 Å². The van der Waals surface area contributed by atoms with Crippen LogP contribution in [0.3, 0.4) is 0 Å². The summed E-state index contributed by atoms with van der Waals surface area (Å²) in [4.78, 5) is 26.0. The molecule has 0 saturated heterocycles. The van der Waals surface area contributed by atoms with E-state index in [0.717, 1.165) is 27.5 Å². The molecule has 0 atom stereocenters. The molecule has 5 nitrogen and oxygen atoms in total. The van der Waals surface area contributed by atoms with E-state index in [0.29, 0.717) is 25.1 Å². The minimum atomic E-state index is -0.343. The fraction of sp³-hybridized carbons (Fsp3) is 0.250. The van der Waals surface area contributed by atoms with Gasteiger partial charge in [-0.2, -0.15) is 0 Å². The molecule has 1 heterocycles. The van der Waals surface area contributed by atoms with Crippen LogP contribution in [0.1, 0.15) is 29.4 Å². The Balaban J connectivity index is 1.81. The van der Waals surface area contributed by atoms with E-state index in [1.165, 1.54) is 0 Å². The summed E-state index contributed by atoms with van der Waals surface area (Å²) in [7, 11) is 0. The molecule has 0 radical (unpaired) electrons. The lowest BCUT2D eigenvalue weighted by atomic mass is 10.1. The van der Waals surface area contributed by atoms with Gasteiger partial charge in [-0.15, -0.1) is 11.8 Å². The number of ether oxygens (including phenoxy) is 1. The van der Waals surface area contributed by atoms with Crippen LogP contribution >= 0.6 is 11.8 Å². The Bertz CT molecular complexity index is 1030. The summed E-state index contributed by atoms with van der Waals surface area (Å²) < 4.78 is 7.22. The number of aromatic nitrogens is 1. The molecule has 1 amide bonds. The van der Waals surface area contributed by atoms with E-state index in [1.54, 1.807) is 18.7 Å². The van der Waals surface area contributed by atoms with E-state index in [9.17, 15) is 9.59 Å². The van der Waals surface area contributed by atoms with Crippen molar-refractivity contribution in [3.63, 3.8) is 0 Å². The quantitative estimate of drug-likeness (QED) is 0.390. The SMILES string of the molecule is CCOC(=O)c1cc(-c2ccccc2)n(CCC(=O)Nc2cccc(SC)c2)c1C. The molecule has 30 heavy (non-hydrogen) atoms. The largest absolute Gasteiger partial charge is 0.462 e. The second-order valence-corrected chi connectivity index (χ2v) is 7.68. The van der Waals surface area contributed by atoms with E-state index in [2.05, 4.69) is 5.32 Å². The molecule has 156 valence electrons. The van der Waals surface area contributed by atoms with Crippen molar-refractivity contribution in [2.75, 3.05) is 18.2 Å². The van der Waals surface area contributed by atoms with Gasteiger partial charge in [0.05, 0.1) is 12.2 Å². The van der Waals surface area contributed by atoms with Gasteiger partial charge in [-0.1, -0.05) is 36.4 Å². The standard InChI is InChI=1S/C24H26N2O3S/c1-4-29-24(28)21-16-22(18-9-6-5-7-10-18)26(17(21)2)14-13-23(27)25-19-11-8-12-20(15-19)30-3/h5-12,15-16H,4,13-14H2,1-3H3,(H,25,27). The maximum atomic E-state index is 12.6. The van der Waals surface area contributed by atoms with Crippen LogP contribution in [0.5, 0.6) is 0 Å². The summed E-state index contributed by atoms with van der Waals surface area (Å²) in [5, 5.41) is 2.96. The van der Waals surface area contributed by atoms with Gasteiger partial charge < -0.3 is 14.6 Å². The normalized spacial score (nSPS) is 10.6. The van der Waals surface area contributed by atoms with Crippen LogP contribution in [-0.4, -0.2) is 29.3 Å². The van der Waals surface area contributed by atoms with Gasteiger partial charge in [-0.3, -0.25) is 4.79 Å². The molecule has 2 aromatic carbocycles. The molecule has 0 spiro atoms. The molecular weight excluding hydrogens is 396 g/mol. The zero-order chi connectivity index (χ0) is 21.5. The van der Waals surface area contributed by atoms with Gasteiger partial charge in [0, 0.05) is 34.9 Å². The number of amides is 1. The molecule has 1 aromatic heterocycles. The number of carbonyl (C=O) groups excluding carboxylic acids is 2. The van der Waals surface area contributed by atoms with Gasteiger partial charge in [0.1, 0.15) is 0 Å². The van der Waals surface area contributed by atoms with Gasteiger partial charge in [-0.05, 0) is 49.9 Å². The summed E-state index contributed by atoms with van der Waals surface area (Å²) in [6.45, 7) is 4.46. The average Bonchev–Trinajstić information content (AvgIpc) is 3.09. The lowest BCUT2D eigenvalue weighted by molar-refractivity contribution is -0.116. The molecule has 0 bridgehead atoms. The van der Waals surface area contributed by atoms with E-state index >= 15 is 0 Å². The first-order chi connectivity index (χ1) is 14.5. The number of carbonyl (C=O) groups is 2. The van der Waals surface area contributed by atoms with Gasteiger partial charge in [0.25, 0.3) is 0 Å². The molecular formula is C24H26N2O3S. The van der Waals surface area contributed by atoms with Crippen LogP contribution in [0, 0.1) is 6.92 Å². The van der Waals surface area contributed by atoms with Gasteiger partial charge in [0.15, 0.2) is 0 Å². The smallest absolute Gasteiger partial charge is 0.339 e. The molecule has 0 fully saturated rings. The highest BCUT2D eigenvalue weighted by Gasteiger charge is 2.20. The summed E-state index contributed by atoms with van der Waals surface area (Å²) in [5.41, 5.74) is 4.00. The van der Waals surface area contributed by atoms with Crippen molar-refractivity contribution in [2.24, 2.45) is 0 Å². The number of hydrogen-bond acceptors (Lipinski definition) is 4. The molecule has 0 unspecified atom stereocenters. The van der Waals surface area contributed by atoms with Crippen molar-refractivity contribution >= 4 is 29.3 Å². The number of nitrogens with zero attached hydrogens (tertiary/aromatic N) is 1. The third kappa shape index (κ3) is 5.13. The number of nitrogens with one attached hydrogen (secondary N) is 1. The number of esters is 1. The van der Waals surface area contributed by atoms with Gasteiger partial charge >= 0.3 is 5.97 Å². The molecule has 6 heteroatoms. The minimum absolute atomic E-state index is 0.0713. The Morgan fingerprint density at radius 1 is 1.07 bits per heavy atom. The Morgan fingerprint density at radius 2 is 1.83 bits per heavy atom. The van der Waals surface area contributed by atoms with Crippen molar-refractivity contribution in [1.29, 1.82) is 0 Å². The monoisotopic (exact) mass is 422 g/mol. The molecule has 0 aliphatic heterocycles. The van der Waals surface area contributed by atoms with Crippen molar-refractivity contribution in [3.05, 3.63) is 71.9 Å². The Hall–Kier alpha value is -2.99. The van der Waals surface area contributed by atoms with E-state index in [1.807, 2.05) is 78.4 Å². The number of hydrogen-bond donors (Lipinski definition) is 1. The van der Waals surface area contributed by atoms with Crippen LogP contribution in [0.4, 0.5) is 5.69 Å². The molecule has 0 aliphatic carbocycles. The number of rotatable bonds is 8. The second-order valence-electron chi connectivity index (χ2n) is 6.80. The van der Waals surface area contributed by atoms with Crippen LogP contribution in [-0.2, 0) is 16.1 Å². The van der Waals surface area contributed by atoms with Crippen LogP contribution in [0.2, 0.25) is 0 Å². The maximum Gasteiger partial charge on any atom is 0.339 e.